The summed E-state index contributed by atoms with van der Waals surface area (Å²) in [5, 5.41) is 3.57. The minimum Gasteiger partial charge on any atom is -0.484 e. The molecule has 0 saturated heterocycles. The summed E-state index contributed by atoms with van der Waals surface area (Å²) in [4.78, 5) is 11.8. The van der Waals surface area contributed by atoms with Gasteiger partial charge in [-0.3, -0.25) is 4.79 Å². The molecule has 0 heterocycles. The fourth-order valence-electron chi connectivity index (χ4n) is 2.24. The van der Waals surface area contributed by atoms with E-state index >= 15 is 0 Å². The first kappa shape index (κ1) is 14.2. The first-order valence-corrected chi connectivity index (χ1v) is 6.94. The van der Waals surface area contributed by atoms with Crippen LogP contribution in [0.1, 0.15) is 25.7 Å². The predicted molar refractivity (Wildman–Crippen MR) is 75.3 cm³/mol. The number of rotatable bonds is 4. The van der Waals surface area contributed by atoms with Crippen molar-refractivity contribution >= 4 is 17.5 Å². The van der Waals surface area contributed by atoms with E-state index in [1.165, 1.54) is 0 Å². The maximum absolute atomic E-state index is 11.8. The molecular formula is C14H19ClN2O2. The van der Waals surface area contributed by atoms with Gasteiger partial charge < -0.3 is 15.8 Å². The minimum atomic E-state index is -0.0968. The normalized spacial score (nSPS) is 22.8. The topological polar surface area (TPSA) is 64.3 Å². The van der Waals surface area contributed by atoms with E-state index in [1.807, 2.05) is 0 Å². The molecule has 5 heteroatoms. The largest absolute Gasteiger partial charge is 0.484 e. The third-order valence-corrected chi connectivity index (χ3v) is 3.54. The highest BCUT2D eigenvalue weighted by Gasteiger charge is 2.19. The first-order valence-electron chi connectivity index (χ1n) is 6.57. The van der Waals surface area contributed by atoms with E-state index < -0.39 is 0 Å². The Labute approximate surface area is 118 Å². The number of ether oxygens (including phenoxy) is 1. The highest BCUT2D eigenvalue weighted by Crippen LogP contribution is 2.18. The van der Waals surface area contributed by atoms with Crippen LogP contribution in [0.15, 0.2) is 24.3 Å². The molecule has 104 valence electrons. The van der Waals surface area contributed by atoms with Crippen LogP contribution in [0.5, 0.6) is 5.75 Å². The second kappa shape index (κ2) is 6.78. The zero-order chi connectivity index (χ0) is 13.7. The molecule has 1 aromatic rings. The van der Waals surface area contributed by atoms with Crippen LogP contribution in [0.2, 0.25) is 5.02 Å². The summed E-state index contributed by atoms with van der Waals surface area (Å²) in [6, 6.07) is 7.54. The van der Waals surface area contributed by atoms with E-state index in [1.54, 1.807) is 24.3 Å². The summed E-state index contributed by atoms with van der Waals surface area (Å²) in [5.74, 6) is 0.508. The molecule has 1 amide bonds. The number of hydrogen-bond donors (Lipinski definition) is 2. The van der Waals surface area contributed by atoms with Gasteiger partial charge in [-0.05, 0) is 43.9 Å². The van der Waals surface area contributed by atoms with Crippen molar-refractivity contribution in [3.05, 3.63) is 29.3 Å². The smallest absolute Gasteiger partial charge is 0.258 e. The Morgan fingerprint density at radius 2 is 2.11 bits per heavy atom. The molecule has 3 N–H and O–H groups in total. The summed E-state index contributed by atoms with van der Waals surface area (Å²) in [5.41, 5.74) is 5.83. The van der Waals surface area contributed by atoms with Crippen LogP contribution in [0.4, 0.5) is 0 Å². The number of nitrogens with two attached hydrogens (primary N) is 1. The van der Waals surface area contributed by atoms with Crippen molar-refractivity contribution in [2.45, 2.75) is 37.8 Å². The molecule has 0 atom stereocenters. The Kier molecular flexibility index (Phi) is 5.05. The summed E-state index contributed by atoms with van der Waals surface area (Å²) in [6.07, 6.45) is 3.84. The fourth-order valence-corrected chi connectivity index (χ4v) is 2.42. The molecule has 0 bridgehead atoms. The Morgan fingerprint density at radius 1 is 1.37 bits per heavy atom. The maximum atomic E-state index is 11.8. The average Bonchev–Trinajstić information content (AvgIpc) is 2.39. The van der Waals surface area contributed by atoms with Gasteiger partial charge in [0.05, 0.1) is 0 Å². The average molecular weight is 283 g/mol. The van der Waals surface area contributed by atoms with Crippen LogP contribution in [-0.2, 0) is 4.79 Å². The number of nitrogens with one attached hydrogen (secondary N) is 1. The molecule has 0 spiro atoms. The molecule has 19 heavy (non-hydrogen) atoms. The van der Waals surface area contributed by atoms with Crippen molar-refractivity contribution < 1.29 is 9.53 Å². The lowest BCUT2D eigenvalue weighted by Gasteiger charge is -2.26. The van der Waals surface area contributed by atoms with Gasteiger partial charge in [0.25, 0.3) is 5.91 Å². The second-order valence-electron chi connectivity index (χ2n) is 4.93. The SMILES string of the molecule is NC1CCC(NC(=O)COc2cccc(Cl)c2)CC1. The number of amides is 1. The van der Waals surface area contributed by atoms with E-state index in [0.717, 1.165) is 25.7 Å². The predicted octanol–water partition coefficient (Wildman–Crippen LogP) is 2.10. The first-order chi connectivity index (χ1) is 9.13. The lowest BCUT2D eigenvalue weighted by atomic mass is 9.92. The molecule has 0 unspecified atom stereocenters. The monoisotopic (exact) mass is 282 g/mol. The Hall–Kier alpha value is -1.26. The molecule has 1 fully saturated rings. The Bertz CT molecular complexity index is 431. The Morgan fingerprint density at radius 3 is 2.79 bits per heavy atom. The van der Waals surface area contributed by atoms with E-state index in [9.17, 15) is 4.79 Å². The van der Waals surface area contributed by atoms with Gasteiger partial charge in [0.15, 0.2) is 6.61 Å². The van der Waals surface area contributed by atoms with Gasteiger partial charge in [0, 0.05) is 17.1 Å². The van der Waals surface area contributed by atoms with Gasteiger partial charge in [0.2, 0.25) is 0 Å². The summed E-state index contributed by atoms with van der Waals surface area (Å²) in [7, 11) is 0. The fraction of sp³-hybridized carbons (Fsp3) is 0.500. The van der Waals surface area contributed by atoms with Crippen molar-refractivity contribution in [1.29, 1.82) is 0 Å². The van der Waals surface area contributed by atoms with E-state index in [-0.39, 0.29) is 24.6 Å². The van der Waals surface area contributed by atoms with Gasteiger partial charge in [0.1, 0.15) is 5.75 Å². The van der Waals surface area contributed by atoms with Crippen LogP contribution >= 0.6 is 11.6 Å². The molecular weight excluding hydrogens is 264 g/mol. The lowest BCUT2D eigenvalue weighted by molar-refractivity contribution is -0.124. The van der Waals surface area contributed by atoms with Crippen LogP contribution < -0.4 is 15.8 Å². The number of hydrogen-bond acceptors (Lipinski definition) is 3. The van der Waals surface area contributed by atoms with Crippen molar-refractivity contribution in [3.8, 4) is 5.75 Å². The third kappa shape index (κ3) is 4.73. The van der Waals surface area contributed by atoms with E-state index in [2.05, 4.69) is 5.32 Å². The molecule has 1 saturated carbocycles. The molecule has 2 rings (SSSR count). The molecule has 0 radical (unpaired) electrons. The van der Waals surface area contributed by atoms with Crippen molar-refractivity contribution in [2.75, 3.05) is 6.61 Å². The quantitative estimate of drug-likeness (QED) is 0.889. The number of carbonyl (C=O) groups is 1. The second-order valence-corrected chi connectivity index (χ2v) is 5.36. The van der Waals surface area contributed by atoms with Gasteiger partial charge in [-0.25, -0.2) is 0 Å². The van der Waals surface area contributed by atoms with Crippen LogP contribution in [0, 0.1) is 0 Å². The van der Waals surface area contributed by atoms with Crippen molar-refractivity contribution in [3.63, 3.8) is 0 Å². The zero-order valence-corrected chi connectivity index (χ0v) is 11.5. The third-order valence-electron chi connectivity index (χ3n) is 3.30. The summed E-state index contributed by atoms with van der Waals surface area (Å²) < 4.78 is 5.39. The van der Waals surface area contributed by atoms with Crippen molar-refractivity contribution in [1.82, 2.24) is 5.32 Å². The van der Waals surface area contributed by atoms with Crippen molar-refractivity contribution in [2.24, 2.45) is 5.73 Å². The number of benzene rings is 1. The summed E-state index contributed by atoms with van der Waals surface area (Å²) in [6.45, 7) is 0.0168. The molecule has 4 nitrogen and oxygen atoms in total. The van der Waals surface area contributed by atoms with Gasteiger partial charge in [-0.1, -0.05) is 17.7 Å². The molecule has 1 aromatic carbocycles. The Balaban J connectivity index is 1.73. The van der Waals surface area contributed by atoms with Gasteiger partial charge in [-0.2, -0.15) is 0 Å². The highest BCUT2D eigenvalue weighted by atomic mass is 35.5. The maximum Gasteiger partial charge on any atom is 0.258 e. The van der Waals surface area contributed by atoms with Gasteiger partial charge in [-0.15, -0.1) is 0 Å². The van der Waals surface area contributed by atoms with Crippen LogP contribution in [-0.4, -0.2) is 24.6 Å². The number of halogens is 1. The lowest BCUT2D eigenvalue weighted by Crippen LogP contribution is -2.42. The molecule has 0 aliphatic heterocycles. The zero-order valence-electron chi connectivity index (χ0n) is 10.8. The molecule has 1 aliphatic carbocycles. The molecule has 0 aromatic heterocycles. The summed E-state index contributed by atoms with van der Waals surface area (Å²) >= 11 is 5.84. The van der Waals surface area contributed by atoms with Gasteiger partial charge >= 0.3 is 0 Å². The van der Waals surface area contributed by atoms with E-state index in [4.69, 9.17) is 22.1 Å². The minimum absolute atomic E-state index is 0.0168. The highest BCUT2D eigenvalue weighted by molar-refractivity contribution is 6.30. The van der Waals surface area contributed by atoms with Crippen LogP contribution in [0.25, 0.3) is 0 Å². The number of carbonyl (C=O) groups excluding carboxylic acids is 1. The van der Waals surface area contributed by atoms with Crippen LogP contribution in [0.3, 0.4) is 0 Å². The van der Waals surface area contributed by atoms with E-state index in [0.29, 0.717) is 10.8 Å². The standard InChI is InChI=1S/C14H19ClN2O2/c15-10-2-1-3-13(8-10)19-9-14(18)17-12-6-4-11(16)5-7-12/h1-3,8,11-12H,4-7,9,16H2,(H,17,18). The molecule has 1 aliphatic rings.